The van der Waals surface area contributed by atoms with E-state index in [1.165, 1.54) is 12.1 Å². The van der Waals surface area contributed by atoms with E-state index in [1.54, 1.807) is 6.07 Å². The molecule has 20 heavy (non-hydrogen) atoms. The fourth-order valence-electron chi connectivity index (χ4n) is 1.74. The Balaban J connectivity index is 3.04. The third-order valence-corrected chi connectivity index (χ3v) is 2.93. The molecule has 0 aliphatic carbocycles. The van der Waals surface area contributed by atoms with Gasteiger partial charge in [0, 0.05) is 0 Å². The molecule has 0 aromatic carbocycles. The predicted octanol–water partition coefficient (Wildman–Crippen LogP) is 1.46. The van der Waals surface area contributed by atoms with E-state index >= 15 is 0 Å². The predicted molar refractivity (Wildman–Crippen MR) is 71.2 cm³/mol. The molecular weight excluding hydrogens is 284 g/mol. The third-order valence-electron chi connectivity index (χ3n) is 2.57. The molecule has 0 saturated heterocycles. The first-order valence-electron chi connectivity index (χ1n) is 5.22. The molecular formula is C12H5ClN4O3. The largest absolute Gasteiger partial charge is 0.354 e. The molecule has 2 heterocycles. The highest BCUT2D eigenvalue weighted by Crippen LogP contribution is 2.28. The van der Waals surface area contributed by atoms with Crippen LogP contribution in [-0.4, -0.2) is 14.5 Å². The summed E-state index contributed by atoms with van der Waals surface area (Å²) in [4.78, 5) is 26.0. The van der Waals surface area contributed by atoms with Gasteiger partial charge in [-0.3, -0.25) is 19.5 Å². The summed E-state index contributed by atoms with van der Waals surface area (Å²) in [7, 11) is 0. The number of hydrogen-bond acceptors (Lipinski definition) is 5. The Bertz CT molecular complexity index is 873. The minimum absolute atomic E-state index is 0.00716. The molecule has 2 rings (SSSR count). The quantitative estimate of drug-likeness (QED) is 0.473. The van der Waals surface area contributed by atoms with Gasteiger partial charge in [0.05, 0.1) is 17.0 Å². The number of nitriles is 1. The SMILES string of the molecule is C#CCn1c(=O)c([N+](=O)[O-])c(Cl)c2nc(C#N)ccc21. The van der Waals surface area contributed by atoms with Crippen molar-refractivity contribution in [3.8, 4) is 18.4 Å². The summed E-state index contributed by atoms with van der Waals surface area (Å²) in [5, 5.41) is 19.4. The summed E-state index contributed by atoms with van der Waals surface area (Å²) >= 11 is 5.86. The van der Waals surface area contributed by atoms with Crippen molar-refractivity contribution < 1.29 is 4.92 Å². The molecule has 0 aliphatic heterocycles. The molecule has 0 radical (unpaired) electrons. The Morgan fingerprint density at radius 1 is 1.55 bits per heavy atom. The Morgan fingerprint density at radius 2 is 2.25 bits per heavy atom. The molecule has 2 aromatic heterocycles. The second-order valence-electron chi connectivity index (χ2n) is 3.69. The number of rotatable bonds is 2. The highest BCUT2D eigenvalue weighted by atomic mass is 35.5. The lowest BCUT2D eigenvalue weighted by atomic mass is 10.2. The van der Waals surface area contributed by atoms with Crippen LogP contribution in [0.1, 0.15) is 5.69 Å². The van der Waals surface area contributed by atoms with Crippen LogP contribution in [0, 0.1) is 33.8 Å². The normalized spacial score (nSPS) is 9.95. The summed E-state index contributed by atoms with van der Waals surface area (Å²) in [6.45, 7) is -0.166. The van der Waals surface area contributed by atoms with Crippen LogP contribution in [0.4, 0.5) is 5.69 Å². The number of pyridine rings is 2. The molecule has 0 aliphatic rings. The molecule has 7 nitrogen and oxygen atoms in total. The van der Waals surface area contributed by atoms with E-state index in [0.29, 0.717) is 0 Å². The lowest BCUT2D eigenvalue weighted by molar-refractivity contribution is -0.386. The fraction of sp³-hybridized carbons (Fsp3) is 0.0833. The molecule has 0 spiro atoms. The lowest BCUT2D eigenvalue weighted by Crippen LogP contribution is -2.23. The first-order valence-corrected chi connectivity index (χ1v) is 5.60. The highest BCUT2D eigenvalue weighted by molar-refractivity contribution is 6.36. The van der Waals surface area contributed by atoms with Crippen LogP contribution in [0.15, 0.2) is 16.9 Å². The average Bonchev–Trinajstić information content (AvgIpc) is 2.42. The Kier molecular flexibility index (Phi) is 3.38. The minimum Gasteiger partial charge on any atom is -0.289 e. The van der Waals surface area contributed by atoms with E-state index in [4.69, 9.17) is 23.3 Å². The van der Waals surface area contributed by atoms with Crippen molar-refractivity contribution in [3.63, 3.8) is 0 Å². The molecule has 0 fully saturated rings. The van der Waals surface area contributed by atoms with Gasteiger partial charge < -0.3 is 0 Å². The number of aromatic nitrogens is 2. The summed E-state index contributed by atoms with van der Waals surface area (Å²) in [5.74, 6) is 2.24. The monoisotopic (exact) mass is 288 g/mol. The first kappa shape index (κ1) is 13.5. The van der Waals surface area contributed by atoms with Crippen molar-refractivity contribution in [1.82, 2.24) is 9.55 Å². The number of nitro groups is 1. The summed E-state index contributed by atoms with van der Waals surface area (Å²) in [6, 6.07) is 4.59. The van der Waals surface area contributed by atoms with Crippen molar-refractivity contribution in [2.24, 2.45) is 0 Å². The highest BCUT2D eigenvalue weighted by Gasteiger charge is 2.25. The Morgan fingerprint density at radius 3 is 2.80 bits per heavy atom. The van der Waals surface area contributed by atoms with E-state index in [0.717, 1.165) is 4.57 Å². The van der Waals surface area contributed by atoms with E-state index in [-0.39, 0.29) is 23.3 Å². The van der Waals surface area contributed by atoms with E-state index in [1.807, 2.05) is 0 Å². The Hall–Kier alpha value is -2.90. The van der Waals surface area contributed by atoms with E-state index in [9.17, 15) is 14.9 Å². The smallest absolute Gasteiger partial charge is 0.289 e. The second-order valence-corrected chi connectivity index (χ2v) is 4.07. The van der Waals surface area contributed by atoms with Gasteiger partial charge >= 0.3 is 11.2 Å². The first-order chi connectivity index (χ1) is 9.51. The van der Waals surface area contributed by atoms with Gasteiger partial charge in [0.15, 0.2) is 5.02 Å². The van der Waals surface area contributed by atoms with Crippen LogP contribution in [-0.2, 0) is 6.54 Å². The van der Waals surface area contributed by atoms with Crippen molar-refractivity contribution in [2.45, 2.75) is 6.54 Å². The molecule has 8 heteroatoms. The van der Waals surface area contributed by atoms with Crippen molar-refractivity contribution in [1.29, 1.82) is 5.26 Å². The van der Waals surface area contributed by atoms with Gasteiger partial charge in [-0.2, -0.15) is 5.26 Å². The standard InChI is InChI=1S/C12H5ClN4O3/c1-2-5-16-8-4-3-7(6-14)15-10(8)9(13)11(12(16)18)17(19)20/h1,3-4H,5H2. The van der Waals surface area contributed by atoms with Gasteiger partial charge in [-0.25, -0.2) is 4.98 Å². The van der Waals surface area contributed by atoms with E-state index in [2.05, 4.69) is 10.9 Å². The number of nitrogens with zero attached hydrogens (tertiary/aromatic N) is 4. The Labute approximate surface area is 117 Å². The lowest BCUT2D eigenvalue weighted by Gasteiger charge is -2.08. The second kappa shape index (κ2) is 5.00. The van der Waals surface area contributed by atoms with Gasteiger partial charge in [0.25, 0.3) is 0 Å². The van der Waals surface area contributed by atoms with Crippen LogP contribution in [0.2, 0.25) is 5.02 Å². The molecule has 0 N–H and O–H groups in total. The number of fused-ring (bicyclic) bond motifs is 1. The van der Waals surface area contributed by atoms with Crippen molar-refractivity contribution in [3.05, 3.63) is 43.3 Å². The summed E-state index contributed by atoms with van der Waals surface area (Å²) < 4.78 is 1.02. The molecule has 98 valence electrons. The van der Waals surface area contributed by atoms with Gasteiger partial charge in [0.1, 0.15) is 17.3 Å². The van der Waals surface area contributed by atoms with Crippen LogP contribution in [0.5, 0.6) is 0 Å². The molecule has 0 unspecified atom stereocenters. The summed E-state index contributed by atoms with van der Waals surface area (Å²) in [5.41, 5.74) is -1.46. The molecule has 0 saturated carbocycles. The maximum atomic E-state index is 12.0. The molecule has 0 bridgehead atoms. The topological polar surface area (TPSA) is 102 Å². The molecule has 2 aromatic rings. The fourth-order valence-corrected chi connectivity index (χ4v) is 2.03. The van der Waals surface area contributed by atoms with Gasteiger partial charge in [0.2, 0.25) is 0 Å². The average molecular weight is 289 g/mol. The molecule has 0 amide bonds. The molecule has 0 atom stereocenters. The van der Waals surface area contributed by atoms with Crippen LogP contribution in [0.3, 0.4) is 0 Å². The third kappa shape index (κ3) is 1.96. The maximum Gasteiger partial charge on any atom is 0.354 e. The zero-order valence-electron chi connectivity index (χ0n) is 9.83. The number of terminal acetylenes is 1. The van der Waals surface area contributed by atoms with Crippen molar-refractivity contribution in [2.75, 3.05) is 0 Å². The summed E-state index contributed by atoms with van der Waals surface area (Å²) in [6.07, 6.45) is 5.16. The van der Waals surface area contributed by atoms with Crippen LogP contribution < -0.4 is 5.56 Å². The van der Waals surface area contributed by atoms with Gasteiger partial charge in [-0.1, -0.05) is 17.5 Å². The maximum absolute atomic E-state index is 12.0. The zero-order chi connectivity index (χ0) is 14.9. The number of halogens is 1. The minimum atomic E-state index is -0.906. The van der Waals surface area contributed by atoms with Crippen molar-refractivity contribution >= 4 is 28.3 Å². The van der Waals surface area contributed by atoms with Crippen LogP contribution in [0.25, 0.3) is 11.0 Å². The van der Waals surface area contributed by atoms with E-state index < -0.39 is 21.2 Å². The van der Waals surface area contributed by atoms with Gasteiger partial charge in [-0.05, 0) is 12.1 Å². The zero-order valence-corrected chi connectivity index (χ0v) is 10.6. The number of hydrogen-bond donors (Lipinski definition) is 0. The van der Waals surface area contributed by atoms with Gasteiger partial charge in [-0.15, -0.1) is 6.42 Å². The van der Waals surface area contributed by atoms with Crippen LogP contribution >= 0.6 is 11.6 Å².